The molecule has 1 aliphatic heterocycles. The zero-order valence-corrected chi connectivity index (χ0v) is 17.5. The first-order chi connectivity index (χ1) is 14.5. The van der Waals surface area contributed by atoms with E-state index in [4.69, 9.17) is 19.9 Å². The van der Waals surface area contributed by atoms with Crippen LogP contribution in [0.15, 0.2) is 11.0 Å². The number of aromatic amines is 1. The number of H-pyrrole nitrogens is 1. The predicted octanol–water partition coefficient (Wildman–Crippen LogP) is 1.72. The molecule has 2 atom stereocenters. The normalized spacial score (nSPS) is 18.2. The average molecular weight is 436 g/mol. The second-order valence-electron chi connectivity index (χ2n) is 6.83. The van der Waals surface area contributed by atoms with Crippen molar-refractivity contribution >= 4 is 35.7 Å². The highest BCUT2D eigenvalue weighted by Crippen LogP contribution is 2.31. The number of thiol groups is 1. The Bertz CT molecular complexity index is 1010. The van der Waals surface area contributed by atoms with Crippen molar-refractivity contribution in [3.05, 3.63) is 22.1 Å². The Morgan fingerprint density at radius 1 is 1.47 bits per heavy atom. The van der Waals surface area contributed by atoms with Gasteiger partial charge in [-0.15, -0.1) is 0 Å². The fraction of sp³-hybridized carbons (Fsp3) is 0.526. The number of amides is 1. The minimum Gasteiger partial charge on any atom is -0.449 e. The minimum atomic E-state index is -0.661. The van der Waals surface area contributed by atoms with E-state index < -0.39 is 11.7 Å². The van der Waals surface area contributed by atoms with Crippen molar-refractivity contribution < 1.29 is 19.0 Å². The van der Waals surface area contributed by atoms with Crippen molar-refractivity contribution in [2.75, 3.05) is 24.9 Å². The van der Waals surface area contributed by atoms with Crippen molar-refractivity contribution in [2.24, 2.45) is 0 Å². The lowest BCUT2D eigenvalue weighted by Gasteiger charge is -2.13. The molecular weight excluding hydrogens is 410 g/mol. The van der Waals surface area contributed by atoms with Crippen LogP contribution in [0.25, 0.3) is 11.0 Å². The molecule has 0 radical (unpaired) electrons. The molecule has 3 heterocycles. The van der Waals surface area contributed by atoms with Crippen LogP contribution in [0.1, 0.15) is 44.4 Å². The quantitative estimate of drug-likeness (QED) is 0.171. The van der Waals surface area contributed by atoms with Gasteiger partial charge in [0.05, 0.1) is 24.2 Å². The molecule has 2 aromatic rings. The SMILES string of the molecule is CC1CC[C@H](n2cc(C#CNC(=O)OCCCCOCS)c3c(=O)[nH]c(N)nc32)O1. The summed E-state index contributed by atoms with van der Waals surface area (Å²) in [5.74, 6) is 3.16. The second kappa shape index (κ2) is 10.4. The van der Waals surface area contributed by atoms with Gasteiger partial charge in [0.15, 0.2) is 5.65 Å². The molecule has 0 spiro atoms. The fourth-order valence-electron chi connectivity index (χ4n) is 3.19. The highest BCUT2D eigenvalue weighted by Gasteiger charge is 2.26. The van der Waals surface area contributed by atoms with Crippen LogP contribution in [-0.2, 0) is 14.2 Å². The number of nitrogens with one attached hydrogen (secondary N) is 2. The van der Waals surface area contributed by atoms with Gasteiger partial charge in [-0.1, -0.05) is 0 Å². The van der Waals surface area contributed by atoms with Crippen molar-refractivity contribution in [1.29, 1.82) is 0 Å². The van der Waals surface area contributed by atoms with Crippen molar-refractivity contribution in [1.82, 2.24) is 19.9 Å². The standard InChI is InChI=1S/C19H25N5O5S/c1-12-4-5-14(29-12)24-10-13(15-16(24)22-18(20)23-17(15)25)6-7-21-19(26)28-9-3-2-8-27-11-30/h10,12,14,30H,2-5,8-9,11H2,1H3,(H,21,26)(H3,20,22,23,25)/t12?,14-/m1/s1. The number of anilines is 1. The third-order valence-corrected chi connectivity index (χ3v) is 4.77. The van der Waals surface area contributed by atoms with Crippen LogP contribution >= 0.6 is 12.6 Å². The highest BCUT2D eigenvalue weighted by molar-refractivity contribution is 7.80. The molecule has 3 rings (SSSR count). The van der Waals surface area contributed by atoms with Crippen molar-refractivity contribution in [3.8, 4) is 12.0 Å². The molecule has 30 heavy (non-hydrogen) atoms. The van der Waals surface area contributed by atoms with Gasteiger partial charge in [0.1, 0.15) is 11.6 Å². The highest BCUT2D eigenvalue weighted by atomic mass is 32.1. The van der Waals surface area contributed by atoms with Crippen LogP contribution in [0.2, 0.25) is 0 Å². The lowest BCUT2D eigenvalue weighted by molar-refractivity contribution is 0.0135. The molecule has 0 aromatic carbocycles. The summed E-state index contributed by atoms with van der Waals surface area (Å²) >= 11 is 3.94. The Morgan fingerprint density at radius 3 is 3.00 bits per heavy atom. The molecule has 1 unspecified atom stereocenters. The molecule has 0 saturated carbocycles. The lowest BCUT2D eigenvalue weighted by atomic mass is 10.2. The van der Waals surface area contributed by atoms with Gasteiger partial charge in [0.2, 0.25) is 5.95 Å². The monoisotopic (exact) mass is 435 g/mol. The Hall–Kier alpha value is -2.68. The molecular formula is C19H25N5O5S. The number of nitrogens with zero attached hydrogens (tertiary/aromatic N) is 2. The topological polar surface area (TPSA) is 133 Å². The van der Waals surface area contributed by atoms with E-state index in [0.717, 1.165) is 19.3 Å². The van der Waals surface area contributed by atoms with E-state index in [1.165, 1.54) is 0 Å². The summed E-state index contributed by atoms with van der Waals surface area (Å²) < 4.78 is 17.8. The maximum atomic E-state index is 12.4. The summed E-state index contributed by atoms with van der Waals surface area (Å²) in [5, 5.41) is 2.64. The molecule has 11 heteroatoms. The fourth-order valence-corrected chi connectivity index (χ4v) is 3.32. The Morgan fingerprint density at radius 2 is 2.27 bits per heavy atom. The number of hydrogen-bond donors (Lipinski definition) is 4. The van der Waals surface area contributed by atoms with E-state index in [1.807, 2.05) is 6.92 Å². The van der Waals surface area contributed by atoms with E-state index in [-0.39, 0.29) is 24.9 Å². The van der Waals surface area contributed by atoms with Gasteiger partial charge < -0.3 is 24.5 Å². The van der Waals surface area contributed by atoms with Crippen LogP contribution in [0, 0.1) is 12.0 Å². The maximum absolute atomic E-state index is 12.4. The Kier molecular flexibility index (Phi) is 7.62. The van der Waals surface area contributed by atoms with Gasteiger partial charge in [-0.05, 0) is 38.5 Å². The number of aromatic nitrogens is 3. The lowest BCUT2D eigenvalue weighted by Crippen LogP contribution is -2.19. The van der Waals surface area contributed by atoms with E-state index in [2.05, 4.69) is 39.9 Å². The van der Waals surface area contributed by atoms with Crippen LogP contribution in [-0.4, -0.2) is 45.9 Å². The largest absolute Gasteiger partial charge is 0.449 e. The molecule has 0 bridgehead atoms. The summed E-state index contributed by atoms with van der Waals surface area (Å²) in [4.78, 5) is 30.9. The molecule has 1 fully saturated rings. The smallest absolute Gasteiger partial charge is 0.418 e. The Balaban J connectivity index is 1.69. The minimum absolute atomic E-state index is 0.0128. The predicted molar refractivity (Wildman–Crippen MR) is 114 cm³/mol. The molecule has 1 amide bonds. The van der Waals surface area contributed by atoms with Gasteiger partial charge >= 0.3 is 6.09 Å². The van der Waals surface area contributed by atoms with Crippen molar-refractivity contribution in [2.45, 2.75) is 44.9 Å². The number of carbonyl (C=O) groups excluding carboxylic acids is 1. The number of nitrogen functional groups attached to an aromatic ring is 1. The first kappa shape index (κ1) is 22.0. The molecule has 0 aliphatic carbocycles. The number of nitrogens with two attached hydrogens (primary N) is 1. The van der Waals surface area contributed by atoms with E-state index in [1.54, 1.807) is 10.8 Å². The molecule has 1 saturated heterocycles. The summed E-state index contributed by atoms with van der Waals surface area (Å²) in [6.07, 6.45) is 4.01. The van der Waals surface area contributed by atoms with E-state index in [9.17, 15) is 9.59 Å². The zero-order valence-electron chi connectivity index (χ0n) is 16.6. The summed E-state index contributed by atoms with van der Waals surface area (Å²) in [6.45, 7) is 2.81. The molecule has 1 aliphatic rings. The first-order valence-electron chi connectivity index (χ1n) is 9.67. The average Bonchev–Trinajstić information content (AvgIpc) is 3.28. The van der Waals surface area contributed by atoms with Crippen molar-refractivity contribution in [3.63, 3.8) is 0 Å². The zero-order chi connectivity index (χ0) is 21.5. The Labute approximate surface area is 178 Å². The van der Waals surface area contributed by atoms with Gasteiger partial charge in [-0.3, -0.25) is 9.78 Å². The number of fused-ring (bicyclic) bond motifs is 1. The number of hydrogen-bond acceptors (Lipinski definition) is 8. The molecule has 4 N–H and O–H groups in total. The number of alkyl carbamates (subject to hydrolysis) is 1. The maximum Gasteiger partial charge on any atom is 0.418 e. The van der Waals surface area contributed by atoms with Gasteiger partial charge in [-0.2, -0.15) is 17.6 Å². The molecule has 10 nitrogen and oxygen atoms in total. The van der Waals surface area contributed by atoms with Crippen LogP contribution in [0.5, 0.6) is 0 Å². The molecule has 162 valence electrons. The summed E-state index contributed by atoms with van der Waals surface area (Å²) in [7, 11) is 0. The first-order valence-corrected chi connectivity index (χ1v) is 10.3. The second-order valence-corrected chi connectivity index (χ2v) is 7.09. The van der Waals surface area contributed by atoms with Crippen LogP contribution in [0.4, 0.5) is 10.7 Å². The third kappa shape index (κ3) is 5.47. The number of carbonyl (C=O) groups is 1. The number of rotatable bonds is 7. The van der Waals surface area contributed by atoms with Gasteiger partial charge in [0.25, 0.3) is 5.56 Å². The number of unbranched alkanes of at least 4 members (excludes halogenated alkanes) is 1. The van der Waals surface area contributed by atoms with Crippen LogP contribution < -0.4 is 16.6 Å². The van der Waals surface area contributed by atoms with Crippen LogP contribution in [0.3, 0.4) is 0 Å². The summed E-state index contributed by atoms with van der Waals surface area (Å²) in [5.41, 5.74) is 6.11. The third-order valence-electron chi connectivity index (χ3n) is 4.59. The van der Waals surface area contributed by atoms with E-state index >= 15 is 0 Å². The van der Waals surface area contributed by atoms with E-state index in [0.29, 0.717) is 35.6 Å². The van der Waals surface area contributed by atoms with Gasteiger partial charge in [-0.25, -0.2) is 10.1 Å². The summed E-state index contributed by atoms with van der Waals surface area (Å²) in [6, 6.07) is 2.53. The molecule has 2 aromatic heterocycles. The van der Waals surface area contributed by atoms with Gasteiger partial charge in [0, 0.05) is 18.8 Å². The number of ether oxygens (including phenoxy) is 3.